The van der Waals surface area contributed by atoms with Crippen LogP contribution in [0, 0.1) is 0 Å². The van der Waals surface area contributed by atoms with E-state index < -0.39 is 11.7 Å². The molecule has 0 heterocycles. The van der Waals surface area contributed by atoms with E-state index in [4.69, 9.17) is 0 Å². The quantitative estimate of drug-likeness (QED) is 0.560. The van der Waals surface area contributed by atoms with Crippen LogP contribution in [0.3, 0.4) is 0 Å². The van der Waals surface area contributed by atoms with Crippen LogP contribution < -0.4 is 5.32 Å². The molecular weight excluding hydrogens is 130 g/mol. The predicted molar refractivity (Wildman–Crippen MR) is 36.5 cm³/mol. The van der Waals surface area contributed by atoms with E-state index in [0.717, 1.165) is 12.8 Å². The van der Waals surface area contributed by atoms with E-state index in [1.807, 2.05) is 0 Å². The van der Waals surface area contributed by atoms with Crippen molar-refractivity contribution in [3.63, 3.8) is 0 Å². The fraction of sp³-hybridized carbons (Fsp3) is 0.714. The first-order chi connectivity index (χ1) is 4.70. The highest BCUT2D eigenvalue weighted by Gasteiger charge is 2.20. The van der Waals surface area contributed by atoms with E-state index in [1.54, 1.807) is 0 Å². The van der Waals surface area contributed by atoms with Crippen LogP contribution in [0.25, 0.3) is 0 Å². The van der Waals surface area contributed by atoms with Gasteiger partial charge in [-0.2, -0.15) is 0 Å². The van der Waals surface area contributed by atoms with Crippen molar-refractivity contribution in [1.82, 2.24) is 5.32 Å². The van der Waals surface area contributed by atoms with Gasteiger partial charge in [0.25, 0.3) is 5.91 Å². The fourth-order valence-electron chi connectivity index (χ4n) is 0.840. The maximum atomic E-state index is 10.7. The van der Waals surface area contributed by atoms with Crippen molar-refractivity contribution in [2.45, 2.75) is 32.2 Å². The number of nitrogens with one attached hydrogen (secondary N) is 1. The lowest BCUT2D eigenvalue weighted by atomic mass is 9.93. The number of Topliss-reactive ketones (excluding diaryl/α,β-unsaturated/α-hetero) is 1. The maximum Gasteiger partial charge on any atom is 0.287 e. The molecule has 0 spiro atoms. The molecule has 0 radical (unpaired) electrons. The number of amides is 1. The lowest BCUT2D eigenvalue weighted by Gasteiger charge is -2.25. The SMILES string of the molecule is CC(=O)C(=O)NC1CCC1. The van der Waals surface area contributed by atoms with Crippen LogP contribution in [0.15, 0.2) is 0 Å². The molecule has 56 valence electrons. The van der Waals surface area contributed by atoms with E-state index >= 15 is 0 Å². The first-order valence-electron chi connectivity index (χ1n) is 3.51. The van der Waals surface area contributed by atoms with Crippen molar-refractivity contribution in [3.05, 3.63) is 0 Å². The van der Waals surface area contributed by atoms with Gasteiger partial charge in [0, 0.05) is 13.0 Å². The predicted octanol–water partition coefficient (Wildman–Crippen LogP) is 0.244. The van der Waals surface area contributed by atoms with Crippen LogP contribution in [0.4, 0.5) is 0 Å². The van der Waals surface area contributed by atoms with E-state index in [-0.39, 0.29) is 6.04 Å². The Morgan fingerprint density at radius 2 is 2.00 bits per heavy atom. The minimum atomic E-state index is -0.440. The monoisotopic (exact) mass is 141 g/mol. The van der Waals surface area contributed by atoms with Crippen molar-refractivity contribution >= 4 is 11.7 Å². The Bertz CT molecular complexity index is 161. The molecule has 0 aromatic rings. The summed E-state index contributed by atoms with van der Waals surface area (Å²) in [7, 11) is 0. The highest BCUT2D eigenvalue weighted by molar-refractivity contribution is 6.35. The van der Waals surface area contributed by atoms with Gasteiger partial charge in [0.1, 0.15) is 0 Å². The molecule has 0 aromatic carbocycles. The number of ketones is 1. The molecule has 1 aliphatic carbocycles. The van der Waals surface area contributed by atoms with Crippen LogP contribution in [0.1, 0.15) is 26.2 Å². The molecule has 10 heavy (non-hydrogen) atoms. The molecule has 0 aliphatic heterocycles. The molecule has 1 rings (SSSR count). The molecule has 0 unspecified atom stereocenters. The first kappa shape index (κ1) is 7.25. The summed E-state index contributed by atoms with van der Waals surface area (Å²) in [5, 5.41) is 2.63. The molecule has 0 saturated heterocycles. The fourth-order valence-corrected chi connectivity index (χ4v) is 0.840. The van der Waals surface area contributed by atoms with Gasteiger partial charge in [0.05, 0.1) is 0 Å². The van der Waals surface area contributed by atoms with Gasteiger partial charge in [-0.3, -0.25) is 9.59 Å². The van der Waals surface area contributed by atoms with Crippen LogP contribution in [-0.2, 0) is 9.59 Å². The van der Waals surface area contributed by atoms with Crippen molar-refractivity contribution in [2.75, 3.05) is 0 Å². The average molecular weight is 141 g/mol. The third-order valence-corrected chi connectivity index (χ3v) is 1.76. The molecule has 1 fully saturated rings. The summed E-state index contributed by atoms with van der Waals surface area (Å²) in [6, 6.07) is 0.274. The third kappa shape index (κ3) is 1.56. The Kier molecular flexibility index (Phi) is 2.04. The highest BCUT2D eigenvalue weighted by Crippen LogP contribution is 2.17. The lowest BCUT2D eigenvalue weighted by molar-refractivity contribution is -0.137. The number of rotatable bonds is 2. The van der Waals surface area contributed by atoms with Gasteiger partial charge in [-0.1, -0.05) is 0 Å². The van der Waals surface area contributed by atoms with Gasteiger partial charge in [0.15, 0.2) is 0 Å². The molecule has 0 bridgehead atoms. The van der Waals surface area contributed by atoms with Gasteiger partial charge in [-0.05, 0) is 19.3 Å². The van der Waals surface area contributed by atoms with Crippen molar-refractivity contribution in [2.24, 2.45) is 0 Å². The summed E-state index contributed by atoms with van der Waals surface area (Å²) in [4.78, 5) is 21.1. The second-order valence-corrected chi connectivity index (χ2v) is 2.66. The van der Waals surface area contributed by atoms with Crippen LogP contribution >= 0.6 is 0 Å². The second kappa shape index (κ2) is 2.82. The maximum absolute atomic E-state index is 10.7. The van der Waals surface area contributed by atoms with Gasteiger partial charge in [-0.15, -0.1) is 0 Å². The van der Waals surface area contributed by atoms with Crippen LogP contribution in [-0.4, -0.2) is 17.7 Å². The minimum Gasteiger partial charge on any atom is -0.347 e. The smallest absolute Gasteiger partial charge is 0.287 e. The molecule has 3 nitrogen and oxygen atoms in total. The van der Waals surface area contributed by atoms with Gasteiger partial charge < -0.3 is 5.32 Å². The number of carbonyl (C=O) groups excluding carboxylic acids is 2. The molecule has 3 heteroatoms. The average Bonchev–Trinajstić information content (AvgIpc) is 1.77. The number of hydrogen-bond donors (Lipinski definition) is 1. The van der Waals surface area contributed by atoms with Crippen LogP contribution in [0.2, 0.25) is 0 Å². The van der Waals surface area contributed by atoms with E-state index in [2.05, 4.69) is 5.32 Å². The molecule has 0 aromatic heterocycles. The van der Waals surface area contributed by atoms with Gasteiger partial charge >= 0.3 is 0 Å². The zero-order valence-electron chi connectivity index (χ0n) is 6.02. The summed E-state index contributed by atoms with van der Waals surface area (Å²) < 4.78 is 0. The minimum absolute atomic E-state index is 0.274. The van der Waals surface area contributed by atoms with Crippen molar-refractivity contribution in [3.8, 4) is 0 Å². The normalized spacial score (nSPS) is 17.7. The molecule has 1 N–H and O–H groups in total. The Morgan fingerprint density at radius 3 is 2.30 bits per heavy atom. The topological polar surface area (TPSA) is 46.2 Å². The summed E-state index contributed by atoms with van der Waals surface area (Å²) >= 11 is 0. The summed E-state index contributed by atoms with van der Waals surface area (Å²) in [5.41, 5.74) is 0. The Hall–Kier alpha value is -0.860. The van der Waals surface area contributed by atoms with Gasteiger partial charge in [0.2, 0.25) is 5.78 Å². The highest BCUT2D eigenvalue weighted by atomic mass is 16.2. The zero-order valence-corrected chi connectivity index (χ0v) is 6.02. The standard InChI is InChI=1S/C7H11NO2/c1-5(9)7(10)8-6-3-2-4-6/h6H,2-4H2,1H3,(H,8,10). The Labute approximate surface area is 59.8 Å². The first-order valence-corrected chi connectivity index (χ1v) is 3.51. The molecule has 0 atom stereocenters. The third-order valence-electron chi connectivity index (χ3n) is 1.76. The number of carbonyl (C=O) groups is 2. The summed E-state index contributed by atoms with van der Waals surface area (Å²) in [6.45, 7) is 1.29. The molecule has 1 amide bonds. The summed E-state index contributed by atoms with van der Waals surface area (Å²) in [5.74, 6) is -0.836. The largest absolute Gasteiger partial charge is 0.347 e. The lowest BCUT2D eigenvalue weighted by Crippen LogP contribution is -2.42. The Morgan fingerprint density at radius 1 is 1.40 bits per heavy atom. The summed E-state index contributed by atoms with van der Waals surface area (Å²) in [6.07, 6.45) is 3.22. The van der Waals surface area contributed by atoms with E-state index in [1.165, 1.54) is 13.3 Å². The molecular formula is C7H11NO2. The van der Waals surface area contributed by atoms with Crippen LogP contribution in [0.5, 0.6) is 0 Å². The molecule has 1 aliphatic rings. The molecule has 1 saturated carbocycles. The van der Waals surface area contributed by atoms with Gasteiger partial charge in [-0.25, -0.2) is 0 Å². The van der Waals surface area contributed by atoms with E-state index in [0.29, 0.717) is 0 Å². The zero-order chi connectivity index (χ0) is 7.56. The number of hydrogen-bond acceptors (Lipinski definition) is 2. The van der Waals surface area contributed by atoms with E-state index in [9.17, 15) is 9.59 Å². The second-order valence-electron chi connectivity index (χ2n) is 2.66. The van der Waals surface area contributed by atoms with Crippen molar-refractivity contribution in [1.29, 1.82) is 0 Å². The Balaban J connectivity index is 2.23. The van der Waals surface area contributed by atoms with Crippen molar-refractivity contribution < 1.29 is 9.59 Å².